The van der Waals surface area contributed by atoms with Crippen LogP contribution in [-0.2, 0) is 13.1 Å². The molecule has 2 heterocycles. The average molecular weight is 345 g/mol. The Labute approximate surface area is 144 Å². The minimum absolute atomic E-state index is 0.00796. The number of nitrogens with zero attached hydrogens (tertiary/aromatic N) is 2. The Morgan fingerprint density at radius 2 is 2.17 bits per heavy atom. The number of aromatic hydroxyl groups is 1. The van der Waals surface area contributed by atoms with Crippen molar-refractivity contribution >= 4 is 17.2 Å². The maximum atomic E-state index is 10.0. The van der Waals surface area contributed by atoms with E-state index in [-0.39, 0.29) is 12.4 Å². The Hall–Kier alpha value is -2.51. The van der Waals surface area contributed by atoms with Crippen molar-refractivity contribution in [2.75, 3.05) is 19.0 Å². The Bertz CT molecular complexity index is 800. The lowest BCUT2D eigenvalue weighted by molar-refractivity contribution is 0.270. The van der Waals surface area contributed by atoms with Crippen LogP contribution in [0.2, 0.25) is 0 Å². The summed E-state index contributed by atoms with van der Waals surface area (Å²) in [4.78, 5) is 1.07. The van der Waals surface area contributed by atoms with Gasteiger partial charge >= 0.3 is 0 Å². The molecule has 0 unspecified atom stereocenters. The van der Waals surface area contributed by atoms with Crippen LogP contribution in [0.4, 0.5) is 5.82 Å². The summed E-state index contributed by atoms with van der Waals surface area (Å²) < 4.78 is 6.82. The second kappa shape index (κ2) is 7.37. The molecule has 2 aromatic heterocycles. The highest BCUT2D eigenvalue weighted by atomic mass is 32.1. The first-order valence-corrected chi connectivity index (χ1v) is 8.41. The molecule has 126 valence electrons. The van der Waals surface area contributed by atoms with Crippen molar-refractivity contribution in [2.24, 2.45) is 0 Å². The number of hydrogen-bond donors (Lipinski definition) is 3. The molecule has 0 radical (unpaired) electrons. The maximum absolute atomic E-state index is 10.0. The van der Waals surface area contributed by atoms with Gasteiger partial charge in [0.25, 0.3) is 0 Å². The van der Waals surface area contributed by atoms with Gasteiger partial charge in [-0.25, -0.2) is 4.68 Å². The van der Waals surface area contributed by atoms with Gasteiger partial charge in [-0.2, -0.15) is 5.10 Å². The third-order valence-corrected chi connectivity index (χ3v) is 4.51. The van der Waals surface area contributed by atoms with Gasteiger partial charge in [0.05, 0.1) is 25.1 Å². The number of phenolic OH excluding ortho intramolecular Hbond substituents is 1. The zero-order chi connectivity index (χ0) is 16.9. The van der Waals surface area contributed by atoms with E-state index in [0.717, 1.165) is 22.0 Å². The number of nitrogens with one attached hydrogen (secondary N) is 1. The minimum Gasteiger partial charge on any atom is -0.507 e. The van der Waals surface area contributed by atoms with Crippen LogP contribution in [0.15, 0.2) is 41.8 Å². The number of thiophene rings is 1. The zero-order valence-electron chi connectivity index (χ0n) is 13.3. The predicted molar refractivity (Wildman–Crippen MR) is 94.6 cm³/mol. The van der Waals surface area contributed by atoms with Gasteiger partial charge in [0.15, 0.2) is 0 Å². The third-order valence-electron chi connectivity index (χ3n) is 3.62. The number of hydrogen-bond acceptors (Lipinski definition) is 6. The molecular weight excluding hydrogens is 326 g/mol. The number of aliphatic hydroxyl groups excluding tert-OH is 1. The fraction of sp³-hybridized carbons (Fsp3) is 0.235. The van der Waals surface area contributed by atoms with E-state index in [2.05, 4.69) is 10.4 Å². The van der Waals surface area contributed by atoms with E-state index in [1.165, 1.54) is 0 Å². The molecule has 0 aliphatic heterocycles. The number of aliphatic hydroxyl groups is 1. The highest BCUT2D eigenvalue weighted by Crippen LogP contribution is 2.28. The van der Waals surface area contributed by atoms with Gasteiger partial charge in [-0.3, -0.25) is 0 Å². The monoisotopic (exact) mass is 345 g/mol. The van der Waals surface area contributed by atoms with Gasteiger partial charge in [-0.1, -0.05) is 6.07 Å². The van der Waals surface area contributed by atoms with E-state index >= 15 is 0 Å². The summed E-state index contributed by atoms with van der Waals surface area (Å²) >= 11 is 1.62. The van der Waals surface area contributed by atoms with Crippen LogP contribution in [0.3, 0.4) is 0 Å². The van der Waals surface area contributed by atoms with Crippen LogP contribution in [-0.4, -0.2) is 33.7 Å². The lowest BCUT2D eigenvalue weighted by Gasteiger charge is -2.10. The number of benzene rings is 1. The van der Waals surface area contributed by atoms with Gasteiger partial charge in [0.1, 0.15) is 23.0 Å². The van der Waals surface area contributed by atoms with E-state index in [1.807, 2.05) is 29.6 Å². The summed E-state index contributed by atoms with van der Waals surface area (Å²) in [7, 11) is 1.56. The molecule has 0 fully saturated rings. The van der Waals surface area contributed by atoms with E-state index in [4.69, 9.17) is 4.74 Å². The van der Waals surface area contributed by atoms with Gasteiger partial charge in [0, 0.05) is 24.2 Å². The number of rotatable bonds is 7. The Kier molecular flexibility index (Phi) is 5.02. The minimum atomic E-state index is 0.00796. The topological polar surface area (TPSA) is 79.5 Å². The van der Waals surface area contributed by atoms with Crippen LogP contribution < -0.4 is 10.1 Å². The van der Waals surface area contributed by atoms with Crippen molar-refractivity contribution < 1.29 is 14.9 Å². The summed E-state index contributed by atoms with van der Waals surface area (Å²) in [6.45, 7) is 0.854. The van der Waals surface area contributed by atoms with Crippen molar-refractivity contribution in [3.8, 4) is 22.1 Å². The molecule has 0 aliphatic rings. The average Bonchev–Trinajstić information content (AvgIpc) is 3.24. The lowest BCUT2D eigenvalue weighted by atomic mass is 10.2. The van der Waals surface area contributed by atoms with Crippen LogP contribution in [0.1, 0.15) is 5.56 Å². The van der Waals surface area contributed by atoms with Gasteiger partial charge < -0.3 is 20.3 Å². The molecule has 0 bridgehead atoms. The van der Waals surface area contributed by atoms with Gasteiger partial charge in [-0.15, -0.1) is 11.3 Å². The highest BCUT2D eigenvalue weighted by Gasteiger charge is 2.11. The summed E-state index contributed by atoms with van der Waals surface area (Å²) in [5, 5.41) is 29.1. The summed E-state index contributed by atoms with van der Waals surface area (Å²) in [6.07, 6.45) is 0. The molecule has 7 heteroatoms. The fourth-order valence-corrected chi connectivity index (χ4v) is 3.06. The van der Waals surface area contributed by atoms with Gasteiger partial charge in [0.2, 0.25) is 0 Å². The highest BCUT2D eigenvalue weighted by molar-refractivity contribution is 7.13. The quantitative estimate of drug-likeness (QED) is 0.613. The zero-order valence-corrected chi connectivity index (χ0v) is 14.1. The maximum Gasteiger partial charge on any atom is 0.125 e. The molecule has 0 saturated heterocycles. The van der Waals surface area contributed by atoms with E-state index in [0.29, 0.717) is 18.8 Å². The fourth-order valence-electron chi connectivity index (χ4n) is 2.37. The Morgan fingerprint density at radius 1 is 1.29 bits per heavy atom. The number of ether oxygens (including phenoxy) is 1. The second-order valence-electron chi connectivity index (χ2n) is 5.19. The number of methoxy groups -OCH3 is 1. The number of anilines is 1. The molecule has 3 N–H and O–H groups in total. The SMILES string of the molecule is COc1ccc(CNc2cc(-c3cccs3)nn2CCO)c(O)c1. The third kappa shape index (κ3) is 3.52. The van der Waals surface area contributed by atoms with Gasteiger partial charge in [-0.05, 0) is 23.6 Å². The van der Waals surface area contributed by atoms with Crippen molar-refractivity contribution in [3.05, 3.63) is 47.3 Å². The standard InChI is InChI=1S/C17H19N3O3S/c1-23-13-5-4-12(15(22)9-13)11-18-17-10-14(16-3-2-8-24-16)19-20(17)6-7-21/h2-5,8-10,18,21-22H,6-7,11H2,1H3. The van der Waals surface area contributed by atoms with E-state index in [9.17, 15) is 10.2 Å². The molecule has 0 spiro atoms. The predicted octanol–water partition coefficient (Wildman–Crippen LogP) is 2.93. The molecule has 1 aromatic carbocycles. The van der Waals surface area contributed by atoms with E-state index < -0.39 is 0 Å². The number of phenols is 1. The first-order chi connectivity index (χ1) is 11.7. The molecule has 3 rings (SSSR count). The Balaban J connectivity index is 1.79. The summed E-state index contributed by atoms with van der Waals surface area (Å²) in [6, 6.07) is 11.1. The normalized spacial score (nSPS) is 10.8. The second-order valence-corrected chi connectivity index (χ2v) is 6.13. The first-order valence-electron chi connectivity index (χ1n) is 7.53. The molecule has 0 saturated carbocycles. The van der Waals surface area contributed by atoms with E-state index in [1.54, 1.807) is 35.3 Å². The molecule has 0 aliphatic carbocycles. The summed E-state index contributed by atoms with van der Waals surface area (Å²) in [5.74, 6) is 1.58. The van der Waals surface area contributed by atoms with Crippen LogP contribution in [0.25, 0.3) is 10.6 Å². The van der Waals surface area contributed by atoms with Crippen LogP contribution in [0, 0.1) is 0 Å². The molecule has 3 aromatic rings. The molecule has 0 amide bonds. The lowest BCUT2D eigenvalue weighted by Crippen LogP contribution is -2.10. The van der Waals surface area contributed by atoms with Crippen molar-refractivity contribution in [2.45, 2.75) is 13.1 Å². The molecule has 24 heavy (non-hydrogen) atoms. The van der Waals surface area contributed by atoms with Crippen LogP contribution in [0.5, 0.6) is 11.5 Å². The molecular formula is C17H19N3O3S. The van der Waals surface area contributed by atoms with Crippen molar-refractivity contribution in [3.63, 3.8) is 0 Å². The molecule has 6 nitrogen and oxygen atoms in total. The first kappa shape index (κ1) is 16.4. The smallest absolute Gasteiger partial charge is 0.125 e. The summed E-state index contributed by atoms with van der Waals surface area (Å²) in [5.41, 5.74) is 1.62. The van der Waals surface area contributed by atoms with Crippen molar-refractivity contribution in [1.82, 2.24) is 9.78 Å². The van der Waals surface area contributed by atoms with Crippen LogP contribution >= 0.6 is 11.3 Å². The molecule has 0 atom stereocenters. The van der Waals surface area contributed by atoms with Crippen molar-refractivity contribution in [1.29, 1.82) is 0 Å². The largest absolute Gasteiger partial charge is 0.507 e. The number of aromatic nitrogens is 2. The Morgan fingerprint density at radius 3 is 2.83 bits per heavy atom.